The Kier molecular flexibility index (Phi) is 5.90. The van der Waals surface area contributed by atoms with Crippen molar-refractivity contribution in [3.63, 3.8) is 0 Å². The highest BCUT2D eigenvalue weighted by Crippen LogP contribution is 2.22. The van der Waals surface area contributed by atoms with Gasteiger partial charge in [0.2, 0.25) is 5.91 Å². The number of carbonyl (C=O) groups is 1. The molecule has 1 N–H and O–H groups in total. The summed E-state index contributed by atoms with van der Waals surface area (Å²) in [5.41, 5.74) is 0.918. The fourth-order valence-corrected chi connectivity index (χ4v) is 2.87. The Bertz CT molecular complexity index is 665. The smallest absolute Gasteiger partial charge is 0.241 e. The molecule has 1 amide bonds. The molecule has 0 spiro atoms. The highest BCUT2D eigenvalue weighted by molar-refractivity contribution is 5.81. The molecule has 0 aromatic heterocycles. The first-order chi connectivity index (χ1) is 12.2. The molecule has 0 unspecified atom stereocenters. The summed E-state index contributed by atoms with van der Waals surface area (Å²) in [6, 6.07) is 17.3. The lowest BCUT2D eigenvalue weighted by molar-refractivity contribution is -0.131. The second kappa shape index (κ2) is 8.53. The number of piperazine rings is 1. The number of benzene rings is 2. The predicted molar refractivity (Wildman–Crippen MR) is 100 cm³/mol. The Labute approximate surface area is 149 Å². The van der Waals surface area contributed by atoms with Gasteiger partial charge in [-0.2, -0.15) is 0 Å². The van der Waals surface area contributed by atoms with E-state index in [9.17, 15) is 4.79 Å². The van der Waals surface area contributed by atoms with Gasteiger partial charge >= 0.3 is 0 Å². The third-order valence-electron chi connectivity index (χ3n) is 4.45. The Morgan fingerprint density at radius 1 is 0.960 bits per heavy atom. The molecule has 0 aliphatic carbocycles. The lowest BCUT2D eigenvalue weighted by Crippen LogP contribution is -2.49. The lowest BCUT2D eigenvalue weighted by Gasteiger charge is -2.34. The van der Waals surface area contributed by atoms with Crippen LogP contribution in [0.15, 0.2) is 54.6 Å². The van der Waals surface area contributed by atoms with Crippen LogP contribution >= 0.6 is 0 Å². The normalized spacial score (nSPS) is 15.0. The molecule has 0 radical (unpaired) electrons. The Morgan fingerprint density at radius 2 is 1.60 bits per heavy atom. The summed E-state index contributed by atoms with van der Waals surface area (Å²) in [6.45, 7) is 7.10. The topological polar surface area (TPSA) is 44.8 Å². The van der Waals surface area contributed by atoms with E-state index < -0.39 is 0 Å². The lowest BCUT2D eigenvalue weighted by atomic mass is 10.3. The van der Waals surface area contributed by atoms with Crippen molar-refractivity contribution in [2.24, 2.45) is 0 Å². The molecule has 1 fully saturated rings. The minimum Gasteiger partial charge on any atom is -0.457 e. The van der Waals surface area contributed by atoms with Crippen molar-refractivity contribution in [3.05, 3.63) is 54.6 Å². The van der Waals surface area contributed by atoms with Gasteiger partial charge in [0.05, 0.1) is 6.54 Å². The highest BCUT2D eigenvalue weighted by Gasteiger charge is 2.19. The van der Waals surface area contributed by atoms with E-state index in [1.54, 1.807) is 0 Å². The van der Waals surface area contributed by atoms with E-state index in [1.165, 1.54) is 0 Å². The van der Waals surface area contributed by atoms with Gasteiger partial charge in [0.25, 0.3) is 0 Å². The van der Waals surface area contributed by atoms with Crippen LogP contribution in [0.3, 0.4) is 0 Å². The zero-order chi connectivity index (χ0) is 17.5. The van der Waals surface area contributed by atoms with Crippen molar-refractivity contribution in [2.75, 3.05) is 44.6 Å². The molecule has 1 aliphatic heterocycles. The van der Waals surface area contributed by atoms with Crippen molar-refractivity contribution >= 4 is 11.6 Å². The number of hydrogen-bond donors (Lipinski definition) is 1. The van der Waals surface area contributed by atoms with Crippen molar-refractivity contribution in [1.29, 1.82) is 0 Å². The van der Waals surface area contributed by atoms with E-state index in [0.29, 0.717) is 6.54 Å². The van der Waals surface area contributed by atoms with Gasteiger partial charge in [-0.1, -0.05) is 25.1 Å². The highest BCUT2D eigenvalue weighted by atomic mass is 16.5. The molecule has 3 rings (SSSR count). The van der Waals surface area contributed by atoms with Crippen LogP contribution in [0, 0.1) is 0 Å². The first-order valence-electron chi connectivity index (χ1n) is 8.81. The number of nitrogens with zero attached hydrogens (tertiary/aromatic N) is 2. The third kappa shape index (κ3) is 4.97. The molecule has 1 aliphatic rings. The van der Waals surface area contributed by atoms with Gasteiger partial charge in [-0.05, 0) is 42.9 Å². The molecule has 132 valence electrons. The molecule has 0 bridgehead atoms. The molecular weight excluding hydrogens is 314 g/mol. The number of amides is 1. The van der Waals surface area contributed by atoms with Gasteiger partial charge in [0.1, 0.15) is 11.5 Å². The molecule has 1 heterocycles. The molecule has 2 aromatic rings. The van der Waals surface area contributed by atoms with E-state index in [1.807, 2.05) is 59.5 Å². The second-order valence-electron chi connectivity index (χ2n) is 6.11. The van der Waals surface area contributed by atoms with Crippen molar-refractivity contribution in [2.45, 2.75) is 6.92 Å². The average Bonchev–Trinajstić information content (AvgIpc) is 2.68. The van der Waals surface area contributed by atoms with Crippen LogP contribution < -0.4 is 10.1 Å². The minimum atomic E-state index is 0.153. The molecule has 5 heteroatoms. The Balaban J connectivity index is 1.46. The largest absolute Gasteiger partial charge is 0.457 e. The fourth-order valence-electron chi connectivity index (χ4n) is 2.87. The average molecular weight is 339 g/mol. The second-order valence-corrected chi connectivity index (χ2v) is 6.11. The number of hydrogen-bond acceptors (Lipinski definition) is 4. The van der Waals surface area contributed by atoms with Gasteiger partial charge in [0.15, 0.2) is 0 Å². The van der Waals surface area contributed by atoms with E-state index in [4.69, 9.17) is 4.74 Å². The van der Waals surface area contributed by atoms with Crippen molar-refractivity contribution in [1.82, 2.24) is 9.80 Å². The summed E-state index contributed by atoms with van der Waals surface area (Å²) in [7, 11) is 0. The zero-order valence-corrected chi connectivity index (χ0v) is 14.6. The van der Waals surface area contributed by atoms with Crippen LogP contribution in [-0.4, -0.2) is 55.0 Å². The maximum Gasteiger partial charge on any atom is 0.241 e. The van der Waals surface area contributed by atoms with E-state index in [-0.39, 0.29) is 5.91 Å². The standard InChI is InChI=1S/C20H25N3O2/c1-2-22-12-14-23(15-13-22)20(24)16-21-17-8-10-19(11-9-17)25-18-6-4-3-5-7-18/h3-11,21H,2,12-16H2,1H3. The van der Waals surface area contributed by atoms with E-state index in [0.717, 1.165) is 49.9 Å². The summed E-state index contributed by atoms with van der Waals surface area (Å²) < 4.78 is 5.77. The van der Waals surface area contributed by atoms with Gasteiger partial charge in [-0.15, -0.1) is 0 Å². The molecule has 1 saturated heterocycles. The van der Waals surface area contributed by atoms with Crippen LogP contribution in [0.5, 0.6) is 11.5 Å². The fraction of sp³-hybridized carbons (Fsp3) is 0.350. The molecule has 2 aromatic carbocycles. The summed E-state index contributed by atoms with van der Waals surface area (Å²) >= 11 is 0. The third-order valence-corrected chi connectivity index (χ3v) is 4.45. The van der Waals surface area contributed by atoms with Gasteiger partial charge < -0.3 is 19.9 Å². The number of ether oxygens (including phenoxy) is 1. The first kappa shape index (κ1) is 17.3. The van der Waals surface area contributed by atoms with E-state index in [2.05, 4.69) is 17.1 Å². The molecular formula is C20H25N3O2. The summed E-state index contributed by atoms with van der Waals surface area (Å²) in [5.74, 6) is 1.74. The van der Waals surface area contributed by atoms with Crippen LogP contribution in [0.2, 0.25) is 0 Å². The first-order valence-corrected chi connectivity index (χ1v) is 8.81. The monoisotopic (exact) mass is 339 g/mol. The number of carbonyl (C=O) groups excluding carboxylic acids is 1. The van der Waals surface area contributed by atoms with Gasteiger partial charge in [-0.3, -0.25) is 4.79 Å². The minimum absolute atomic E-state index is 0.153. The van der Waals surface area contributed by atoms with Crippen LogP contribution in [0.4, 0.5) is 5.69 Å². The molecule has 0 atom stereocenters. The summed E-state index contributed by atoms with van der Waals surface area (Å²) in [5, 5.41) is 3.20. The zero-order valence-electron chi connectivity index (χ0n) is 14.6. The molecule has 0 saturated carbocycles. The molecule has 25 heavy (non-hydrogen) atoms. The Hall–Kier alpha value is -2.53. The van der Waals surface area contributed by atoms with E-state index >= 15 is 0 Å². The summed E-state index contributed by atoms with van der Waals surface area (Å²) in [4.78, 5) is 16.6. The van der Waals surface area contributed by atoms with Crippen LogP contribution in [0.25, 0.3) is 0 Å². The number of likely N-dealkylation sites (N-methyl/N-ethyl adjacent to an activating group) is 1. The number of nitrogens with one attached hydrogen (secondary N) is 1. The summed E-state index contributed by atoms with van der Waals surface area (Å²) in [6.07, 6.45) is 0. The van der Waals surface area contributed by atoms with Crippen molar-refractivity contribution in [3.8, 4) is 11.5 Å². The Morgan fingerprint density at radius 3 is 2.24 bits per heavy atom. The van der Waals surface area contributed by atoms with Gasteiger partial charge in [0, 0.05) is 31.9 Å². The number of anilines is 1. The SMILES string of the molecule is CCN1CCN(C(=O)CNc2ccc(Oc3ccccc3)cc2)CC1. The van der Waals surface area contributed by atoms with Crippen LogP contribution in [0.1, 0.15) is 6.92 Å². The predicted octanol–water partition coefficient (Wildman–Crippen LogP) is 3.05. The number of para-hydroxylation sites is 1. The molecule has 5 nitrogen and oxygen atoms in total. The maximum atomic E-state index is 12.3. The van der Waals surface area contributed by atoms with Crippen molar-refractivity contribution < 1.29 is 9.53 Å². The number of rotatable bonds is 6. The van der Waals surface area contributed by atoms with Gasteiger partial charge in [-0.25, -0.2) is 0 Å². The maximum absolute atomic E-state index is 12.3. The van der Waals surface area contributed by atoms with Crippen LogP contribution in [-0.2, 0) is 4.79 Å². The quantitative estimate of drug-likeness (QED) is 0.878.